The van der Waals surface area contributed by atoms with Crippen molar-refractivity contribution in [3.63, 3.8) is 0 Å². The number of hydrogen-bond donors (Lipinski definition) is 0. The largest absolute Gasteiger partial charge is 0.490 e. The van der Waals surface area contributed by atoms with E-state index in [1.54, 1.807) is 18.2 Å². The fourth-order valence-electron chi connectivity index (χ4n) is 2.01. The van der Waals surface area contributed by atoms with Crippen molar-refractivity contribution < 1.29 is 14.3 Å². The van der Waals surface area contributed by atoms with Crippen molar-refractivity contribution >= 4 is 17.9 Å². The second-order valence-electron chi connectivity index (χ2n) is 4.60. The van der Waals surface area contributed by atoms with Gasteiger partial charge in [-0.05, 0) is 36.2 Å². The number of rotatable bonds is 8. The Labute approximate surface area is 135 Å². The second kappa shape index (κ2) is 8.25. The van der Waals surface area contributed by atoms with E-state index < -0.39 is 0 Å². The zero-order valence-corrected chi connectivity index (χ0v) is 12.9. The van der Waals surface area contributed by atoms with E-state index in [-0.39, 0.29) is 0 Å². The molecule has 0 aliphatic rings. The molecule has 0 radical (unpaired) electrons. The molecule has 2 aromatic rings. The molecule has 2 rings (SSSR count). The monoisotopic (exact) mass is 316 g/mol. The van der Waals surface area contributed by atoms with E-state index in [0.29, 0.717) is 29.5 Å². The van der Waals surface area contributed by atoms with E-state index in [1.807, 2.05) is 30.3 Å². The average Bonchev–Trinajstić information content (AvgIpc) is 2.54. The van der Waals surface area contributed by atoms with Gasteiger partial charge >= 0.3 is 0 Å². The van der Waals surface area contributed by atoms with E-state index in [1.165, 1.54) is 0 Å². The predicted octanol–water partition coefficient (Wildman–Crippen LogP) is 4.34. The molecule has 0 heterocycles. The third-order valence-corrected chi connectivity index (χ3v) is 3.27. The third-order valence-electron chi connectivity index (χ3n) is 3.03. The molecule has 2 aromatic carbocycles. The fraction of sp³-hybridized carbons (Fsp3) is 0.167. The molecule has 0 bridgehead atoms. The number of aldehydes is 1. The Morgan fingerprint density at radius 2 is 1.77 bits per heavy atom. The van der Waals surface area contributed by atoms with E-state index in [9.17, 15) is 4.79 Å². The molecule has 0 amide bonds. The Hall–Kier alpha value is -2.26. The van der Waals surface area contributed by atoms with Crippen LogP contribution in [0.4, 0.5) is 0 Å². The van der Waals surface area contributed by atoms with E-state index in [4.69, 9.17) is 21.1 Å². The minimum atomic E-state index is 0.338. The van der Waals surface area contributed by atoms with Crippen LogP contribution in [-0.4, -0.2) is 19.5 Å². The van der Waals surface area contributed by atoms with Gasteiger partial charge in [-0.25, -0.2) is 0 Å². The summed E-state index contributed by atoms with van der Waals surface area (Å²) < 4.78 is 11.3. The Kier molecular flexibility index (Phi) is 6.04. The number of para-hydroxylation sites is 1. The van der Waals surface area contributed by atoms with Gasteiger partial charge in [-0.2, -0.15) is 0 Å². The minimum Gasteiger partial charge on any atom is -0.490 e. The number of carbonyl (C=O) groups is 1. The quantitative estimate of drug-likeness (QED) is 0.413. The lowest BCUT2D eigenvalue weighted by molar-refractivity contribution is 0.111. The molecule has 114 valence electrons. The van der Waals surface area contributed by atoms with Gasteiger partial charge in [0.25, 0.3) is 0 Å². The maximum atomic E-state index is 11.0. The van der Waals surface area contributed by atoms with Gasteiger partial charge in [0, 0.05) is 5.02 Å². The molecule has 3 nitrogen and oxygen atoms in total. The normalized spacial score (nSPS) is 10.0. The van der Waals surface area contributed by atoms with Crippen LogP contribution < -0.4 is 9.47 Å². The summed E-state index contributed by atoms with van der Waals surface area (Å²) in [5.41, 5.74) is 1.51. The smallest absolute Gasteiger partial charge is 0.153 e. The number of halogens is 1. The molecule has 0 saturated carbocycles. The fourth-order valence-corrected chi connectivity index (χ4v) is 2.20. The Balaban J connectivity index is 1.90. The highest BCUT2D eigenvalue weighted by Crippen LogP contribution is 2.22. The van der Waals surface area contributed by atoms with Gasteiger partial charge < -0.3 is 9.47 Å². The molecular formula is C18H17ClO3. The SMILES string of the molecule is C=CCc1ccccc1OCCOc1ccc(Cl)cc1C=O. The van der Waals surface area contributed by atoms with Crippen molar-refractivity contribution in [2.75, 3.05) is 13.2 Å². The van der Waals surface area contributed by atoms with Crippen LogP contribution in [0.1, 0.15) is 15.9 Å². The molecule has 0 spiro atoms. The summed E-state index contributed by atoms with van der Waals surface area (Å²) in [6, 6.07) is 12.7. The van der Waals surface area contributed by atoms with Gasteiger partial charge in [-0.15, -0.1) is 6.58 Å². The van der Waals surface area contributed by atoms with Crippen molar-refractivity contribution in [3.8, 4) is 11.5 Å². The summed E-state index contributed by atoms with van der Waals surface area (Å²) in [7, 11) is 0. The van der Waals surface area contributed by atoms with Crippen molar-refractivity contribution in [3.05, 3.63) is 71.3 Å². The number of ether oxygens (including phenoxy) is 2. The first-order chi connectivity index (χ1) is 10.7. The number of allylic oxidation sites excluding steroid dienone is 1. The van der Waals surface area contributed by atoms with Crippen LogP contribution in [0, 0.1) is 0 Å². The van der Waals surface area contributed by atoms with Crippen LogP contribution in [0.15, 0.2) is 55.1 Å². The summed E-state index contributed by atoms with van der Waals surface area (Å²) in [4.78, 5) is 11.0. The van der Waals surface area contributed by atoms with E-state index in [0.717, 1.165) is 24.0 Å². The molecule has 0 fully saturated rings. The number of hydrogen-bond acceptors (Lipinski definition) is 3. The lowest BCUT2D eigenvalue weighted by Crippen LogP contribution is -2.10. The van der Waals surface area contributed by atoms with Gasteiger partial charge in [0.15, 0.2) is 6.29 Å². The molecule has 4 heteroatoms. The van der Waals surface area contributed by atoms with Crippen molar-refractivity contribution in [1.29, 1.82) is 0 Å². The Bertz CT molecular complexity index is 653. The van der Waals surface area contributed by atoms with Gasteiger partial charge in [-0.3, -0.25) is 4.79 Å². The lowest BCUT2D eigenvalue weighted by atomic mass is 10.1. The number of benzene rings is 2. The van der Waals surface area contributed by atoms with Crippen LogP contribution in [-0.2, 0) is 6.42 Å². The maximum Gasteiger partial charge on any atom is 0.153 e. The highest BCUT2D eigenvalue weighted by molar-refractivity contribution is 6.30. The van der Waals surface area contributed by atoms with Crippen LogP contribution in [0.25, 0.3) is 0 Å². The molecule has 0 unspecified atom stereocenters. The minimum absolute atomic E-state index is 0.338. The van der Waals surface area contributed by atoms with Gasteiger partial charge in [0.2, 0.25) is 0 Å². The van der Waals surface area contributed by atoms with Crippen molar-refractivity contribution in [2.45, 2.75) is 6.42 Å². The highest BCUT2D eigenvalue weighted by Gasteiger charge is 2.05. The van der Waals surface area contributed by atoms with Crippen molar-refractivity contribution in [2.24, 2.45) is 0 Å². The second-order valence-corrected chi connectivity index (χ2v) is 5.03. The van der Waals surface area contributed by atoms with Gasteiger partial charge in [0.1, 0.15) is 24.7 Å². The van der Waals surface area contributed by atoms with Crippen LogP contribution >= 0.6 is 11.6 Å². The standard InChI is InChI=1S/C18H17ClO3/c1-2-5-14-6-3-4-7-17(14)21-10-11-22-18-9-8-16(19)12-15(18)13-20/h2-4,6-9,12-13H,1,5,10-11H2. The number of carbonyl (C=O) groups excluding carboxylic acids is 1. The van der Waals surface area contributed by atoms with Gasteiger partial charge in [0.05, 0.1) is 5.56 Å². The zero-order valence-electron chi connectivity index (χ0n) is 12.1. The molecule has 0 saturated heterocycles. The average molecular weight is 317 g/mol. The molecular weight excluding hydrogens is 300 g/mol. The van der Waals surface area contributed by atoms with Gasteiger partial charge in [-0.1, -0.05) is 35.9 Å². The van der Waals surface area contributed by atoms with Crippen LogP contribution in [0.5, 0.6) is 11.5 Å². The summed E-state index contributed by atoms with van der Waals surface area (Å²) in [6.07, 6.45) is 3.31. The summed E-state index contributed by atoms with van der Waals surface area (Å²) in [5, 5.41) is 0.504. The molecule has 22 heavy (non-hydrogen) atoms. The predicted molar refractivity (Wildman–Crippen MR) is 88.2 cm³/mol. The lowest BCUT2D eigenvalue weighted by Gasteiger charge is -2.12. The van der Waals surface area contributed by atoms with Crippen LogP contribution in [0.3, 0.4) is 0 Å². The maximum absolute atomic E-state index is 11.0. The first-order valence-corrected chi connectivity index (χ1v) is 7.31. The topological polar surface area (TPSA) is 35.5 Å². The molecule has 0 aliphatic carbocycles. The summed E-state index contributed by atoms with van der Waals surface area (Å²) in [6.45, 7) is 4.46. The third kappa shape index (κ3) is 4.37. The van der Waals surface area contributed by atoms with Crippen LogP contribution in [0.2, 0.25) is 5.02 Å². The summed E-state index contributed by atoms with van der Waals surface area (Å²) in [5.74, 6) is 1.32. The van der Waals surface area contributed by atoms with Crippen molar-refractivity contribution in [1.82, 2.24) is 0 Å². The summed E-state index contributed by atoms with van der Waals surface area (Å²) >= 11 is 5.84. The molecule has 0 atom stereocenters. The molecule has 0 aliphatic heterocycles. The first kappa shape index (κ1) is 16.1. The zero-order chi connectivity index (χ0) is 15.8. The molecule has 0 aromatic heterocycles. The van der Waals surface area contributed by atoms with E-state index in [2.05, 4.69) is 6.58 Å². The molecule has 0 N–H and O–H groups in total. The Morgan fingerprint density at radius 1 is 1.05 bits per heavy atom. The first-order valence-electron chi connectivity index (χ1n) is 6.93. The van der Waals surface area contributed by atoms with E-state index >= 15 is 0 Å². The Morgan fingerprint density at radius 3 is 2.50 bits per heavy atom. The highest BCUT2D eigenvalue weighted by atomic mass is 35.5.